The Hall–Kier alpha value is -1.32. The lowest BCUT2D eigenvalue weighted by Gasteiger charge is -2.28. The van der Waals surface area contributed by atoms with Crippen molar-refractivity contribution in [1.29, 1.82) is 0 Å². The average molecular weight is 248 g/mol. The van der Waals surface area contributed by atoms with Crippen LogP contribution in [0, 0.1) is 5.92 Å². The molecular weight excluding hydrogens is 224 g/mol. The maximum absolute atomic E-state index is 4.56. The molecule has 0 radical (unpaired) electrons. The summed E-state index contributed by atoms with van der Waals surface area (Å²) in [5.41, 5.74) is 0. The Kier molecular flexibility index (Phi) is 4.39. The zero-order valence-electron chi connectivity index (χ0n) is 11.7. The average Bonchev–Trinajstić information content (AvgIpc) is 2.38. The molecule has 0 aromatic carbocycles. The summed E-state index contributed by atoms with van der Waals surface area (Å²) in [6, 6.07) is 2.57. The van der Waals surface area contributed by atoms with E-state index in [1.165, 1.54) is 25.7 Å². The lowest BCUT2D eigenvalue weighted by molar-refractivity contribution is 0.358. The van der Waals surface area contributed by atoms with E-state index < -0.39 is 0 Å². The minimum Gasteiger partial charge on any atom is -0.373 e. The van der Waals surface area contributed by atoms with Crippen molar-refractivity contribution < 1.29 is 0 Å². The Morgan fingerprint density at radius 2 is 2.06 bits per heavy atom. The summed E-state index contributed by atoms with van der Waals surface area (Å²) >= 11 is 0. The molecule has 2 atom stereocenters. The molecule has 2 rings (SSSR count). The maximum Gasteiger partial charge on any atom is 0.132 e. The molecule has 4 heteroatoms. The zero-order valence-corrected chi connectivity index (χ0v) is 11.7. The number of rotatable bonds is 4. The zero-order chi connectivity index (χ0) is 13.0. The predicted octanol–water partition coefficient (Wildman–Crippen LogP) is 3.07. The number of aromatic nitrogens is 2. The monoisotopic (exact) mass is 248 g/mol. The Morgan fingerprint density at radius 1 is 1.28 bits per heavy atom. The van der Waals surface area contributed by atoms with Gasteiger partial charge in [0, 0.05) is 25.6 Å². The lowest BCUT2D eigenvalue weighted by Crippen LogP contribution is -2.26. The summed E-state index contributed by atoms with van der Waals surface area (Å²) in [7, 11) is 1.90. The van der Waals surface area contributed by atoms with E-state index in [0.29, 0.717) is 6.04 Å². The number of nitrogens with zero attached hydrogens (tertiary/aromatic N) is 2. The molecule has 1 aliphatic rings. The van der Waals surface area contributed by atoms with Crippen molar-refractivity contribution in [1.82, 2.24) is 9.97 Å². The number of nitrogens with one attached hydrogen (secondary N) is 2. The van der Waals surface area contributed by atoms with Gasteiger partial charge in [-0.15, -0.1) is 0 Å². The van der Waals surface area contributed by atoms with Gasteiger partial charge in [-0.05, 0) is 18.8 Å². The second kappa shape index (κ2) is 6.03. The predicted molar refractivity (Wildman–Crippen MR) is 76.0 cm³/mol. The summed E-state index contributed by atoms with van der Waals surface area (Å²) in [5, 5.41) is 6.67. The summed E-state index contributed by atoms with van der Waals surface area (Å²) in [6.45, 7) is 4.42. The molecule has 0 bridgehead atoms. The van der Waals surface area contributed by atoms with Crippen molar-refractivity contribution in [2.45, 2.75) is 52.0 Å². The fourth-order valence-electron chi connectivity index (χ4n) is 2.63. The van der Waals surface area contributed by atoms with Gasteiger partial charge in [-0.1, -0.05) is 26.7 Å². The molecule has 1 aromatic heterocycles. The number of aryl methyl sites for hydroxylation is 1. The van der Waals surface area contributed by atoms with Gasteiger partial charge in [0.25, 0.3) is 0 Å². The largest absolute Gasteiger partial charge is 0.373 e. The first-order chi connectivity index (χ1) is 8.71. The third-order valence-electron chi connectivity index (χ3n) is 3.63. The van der Waals surface area contributed by atoms with E-state index in [1.807, 2.05) is 13.1 Å². The van der Waals surface area contributed by atoms with Gasteiger partial charge in [-0.25, -0.2) is 9.97 Å². The van der Waals surface area contributed by atoms with Crippen LogP contribution in [0.5, 0.6) is 0 Å². The molecule has 1 fully saturated rings. The van der Waals surface area contributed by atoms with E-state index in [9.17, 15) is 0 Å². The maximum atomic E-state index is 4.56. The van der Waals surface area contributed by atoms with Crippen LogP contribution < -0.4 is 10.6 Å². The molecule has 0 amide bonds. The van der Waals surface area contributed by atoms with Gasteiger partial charge in [-0.3, -0.25) is 0 Å². The van der Waals surface area contributed by atoms with E-state index in [4.69, 9.17) is 0 Å². The summed E-state index contributed by atoms with van der Waals surface area (Å²) in [4.78, 5) is 8.97. The van der Waals surface area contributed by atoms with Gasteiger partial charge < -0.3 is 10.6 Å². The first-order valence-electron chi connectivity index (χ1n) is 7.03. The second-order valence-corrected chi connectivity index (χ2v) is 5.27. The van der Waals surface area contributed by atoms with Crippen molar-refractivity contribution in [3.63, 3.8) is 0 Å². The van der Waals surface area contributed by atoms with Gasteiger partial charge in [0.15, 0.2) is 0 Å². The van der Waals surface area contributed by atoms with Crippen molar-refractivity contribution in [3.05, 3.63) is 11.9 Å². The minimum atomic E-state index is 0.568. The van der Waals surface area contributed by atoms with E-state index >= 15 is 0 Å². The molecule has 0 aliphatic heterocycles. The van der Waals surface area contributed by atoms with Crippen molar-refractivity contribution in [3.8, 4) is 0 Å². The molecule has 1 saturated carbocycles. The van der Waals surface area contributed by atoms with Crippen LogP contribution in [0.2, 0.25) is 0 Å². The molecule has 18 heavy (non-hydrogen) atoms. The molecule has 1 heterocycles. The Balaban J connectivity index is 2.07. The highest BCUT2D eigenvalue weighted by Crippen LogP contribution is 2.26. The van der Waals surface area contributed by atoms with Crippen molar-refractivity contribution in [2.24, 2.45) is 5.92 Å². The van der Waals surface area contributed by atoms with Gasteiger partial charge >= 0.3 is 0 Å². The van der Waals surface area contributed by atoms with Crippen LogP contribution in [0.15, 0.2) is 6.07 Å². The van der Waals surface area contributed by atoms with Crippen LogP contribution in [0.3, 0.4) is 0 Å². The van der Waals surface area contributed by atoms with Crippen molar-refractivity contribution in [2.75, 3.05) is 17.7 Å². The molecule has 1 aliphatic carbocycles. The normalized spacial score (nSPS) is 23.7. The first-order valence-corrected chi connectivity index (χ1v) is 7.03. The van der Waals surface area contributed by atoms with Crippen LogP contribution in [-0.2, 0) is 6.42 Å². The standard InChI is InChI=1S/C14H24N4/c1-4-12-17-13(15-3)9-14(18-12)16-11-7-5-6-10(2)8-11/h9-11H,4-8H2,1-3H3,(H2,15,16,17,18). The molecule has 0 saturated heterocycles. The topological polar surface area (TPSA) is 49.8 Å². The SMILES string of the molecule is CCc1nc(NC)cc(NC2CCCC(C)C2)n1. The third kappa shape index (κ3) is 3.34. The molecule has 4 nitrogen and oxygen atoms in total. The van der Waals surface area contributed by atoms with E-state index in [-0.39, 0.29) is 0 Å². The number of hydrogen-bond donors (Lipinski definition) is 2. The summed E-state index contributed by atoms with van der Waals surface area (Å²) in [5.74, 6) is 3.58. The smallest absolute Gasteiger partial charge is 0.132 e. The fourth-order valence-corrected chi connectivity index (χ4v) is 2.63. The van der Waals surface area contributed by atoms with Gasteiger partial charge in [-0.2, -0.15) is 0 Å². The molecule has 100 valence electrons. The fraction of sp³-hybridized carbons (Fsp3) is 0.714. The van der Waals surface area contributed by atoms with E-state index in [2.05, 4.69) is 34.4 Å². The number of anilines is 2. The minimum absolute atomic E-state index is 0.568. The summed E-state index contributed by atoms with van der Waals surface area (Å²) in [6.07, 6.45) is 6.06. The van der Waals surface area contributed by atoms with Gasteiger partial charge in [0.1, 0.15) is 17.5 Å². The van der Waals surface area contributed by atoms with E-state index in [0.717, 1.165) is 29.8 Å². The van der Waals surface area contributed by atoms with Gasteiger partial charge in [0.2, 0.25) is 0 Å². The molecule has 2 unspecified atom stereocenters. The third-order valence-corrected chi connectivity index (χ3v) is 3.63. The van der Waals surface area contributed by atoms with Crippen LogP contribution >= 0.6 is 0 Å². The highest BCUT2D eigenvalue weighted by Gasteiger charge is 2.19. The first kappa shape index (κ1) is 13.1. The Morgan fingerprint density at radius 3 is 2.72 bits per heavy atom. The Bertz CT molecular complexity index is 369. The molecule has 2 N–H and O–H groups in total. The lowest BCUT2D eigenvalue weighted by atomic mass is 9.87. The van der Waals surface area contributed by atoms with Gasteiger partial charge in [0.05, 0.1) is 0 Å². The molecular formula is C14H24N4. The number of hydrogen-bond acceptors (Lipinski definition) is 4. The van der Waals surface area contributed by atoms with Crippen LogP contribution in [0.25, 0.3) is 0 Å². The van der Waals surface area contributed by atoms with Crippen LogP contribution in [-0.4, -0.2) is 23.1 Å². The summed E-state index contributed by atoms with van der Waals surface area (Å²) < 4.78 is 0. The van der Waals surface area contributed by atoms with Crippen LogP contribution in [0.1, 0.15) is 45.4 Å². The van der Waals surface area contributed by atoms with Crippen molar-refractivity contribution >= 4 is 11.6 Å². The van der Waals surface area contributed by atoms with E-state index in [1.54, 1.807) is 0 Å². The molecule has 1 aromatic rings. The highest BCUT2D eigenvalue weighted by molar-refractivity contribution is 5.47. The molecule has 0 spiro atoms. The second-order valence-electron chi connectivity index (χ2n) is 5.27. The quantitative estimate of drug-likeness (QED) is 0.859. The van der Waals surface area contributed by atoms with Crippen LogP contribution in [0.4, 0.5) is 11.6 Å². The Labute approximate surface area is 110 Å². The highest BCUT2D eigenvalue weighted by atomic mass is 15.1.